The number of carboxylic acid groups (broad SMARTS) is 1. The molecule has 3 atom stereocenters. The van der Waals surface area contributed by atoms with E-state index in [0.29, 0.717) is 15.5 Å². The number of phenolic OH excluding ortho intramolecular Hbond substituents is 1. The van der Waals surface area contributed by atoms with Crippen molar-refractivity contribution < 1.29 is 24.6 Å². The number of H-pyrrole nitrogens is 1. The molecule has 2 aliphatic heterocycles. The van der Waals surface area contributed by atoms with Gasteiger partial charge in [-0.25, -0.2) is 0 Å². The van der Waals surface area contributed by atoms with Crippen molar-refractivity contribution in [2.24, 2.45) is 5.92 Å². The number of carboxylic acids is 1. The fourth-order valence-corrected chi connectivity index (χ4v) is 5.98. The topological polar surface area (TPSA) is 128 Å². The fraction of sp³-hybridized carbons (Fsp3) is 0.250. The molecule has 10 heteroatoms. The van der Waals surface area contributed by atoms with Crippen LogP contribution in [0.3, 0.4) is 0 Å². The second kappa shape index (κ2) is 5.99. The summed E-state index contributed by atoms with van der Waals surface area (Å²) < 4.78 is 0. The Balaban J connectivity index is 1.88. The van der Waals surface area contributed by atoms with Gasteiger partial charge in [-0.3, -0.25) is 24.1 Å². The maximum atomic E-state index is 12.9. The van der Waals surface area contributed by atoms with Crippen LogP contribution in [0.4, 0.5) is 0 Å². The predicted molar refractivity (Wildman–Crippen MR) is 92.4 cm³/mol. The summed E-state index contributed by atoms with van der Waals surface area (Å²) in [6, 6.07) is 6.43. The van der Waals surface area contributed by atoms with Crippen molar-refractivity contribution in [2.45, 2.75) is 16.2 Å². The number of nitrogens with zero attached hydrogens (tertiary/aromatic N) is 1. The minimum Gasteiger partial charge on any atom is -0.508 e. The van der Waals surface area contributed by atoms with E-state index in [1.807, 2.05) is 0 Å². The number of likely N-dealkylation sites (tertiary alicyclic amines) is 1. The third kappa shape index (κ3) is 2.44. The van der Waals surface area contributed by atoms with Crippen LogP contribution in [0.25, 0.3) is 0 Å². The number of nitrogens with one attached hydrogen (secondary N) is 1. The summed E-state index contributed by atoms with van der Waals surface area (Å²) in [4.78, 5) is 52.0. The number of fused-ring (bicyclic) bond motifs is 2. The van der Waals surface area contributed by atoms with Gasteiger partial charge in [0.15, 0.2) is 0 Å². The van der Waals surface area contributed by atoms with Crippen LogP contribution < -0.4 is 4.87 Å². The molecule has 3 heterocycles. The van der Waals surface area contributed by atoms with Crippen molar-refractivity contribution in [2.75, 3.05) is 6.54 Å². The lowest BCUT2D eigenvalue weighted by molar-refractivity contribution is -0.149. The Labute approximate surface area is 154 Å². The number of carbonyl (C=O) groups excluding carboxylic acids is 2. The largest absolute Gasteiger partial charge is 0.508 e. The molecular formula is C16H12N2O6S2. The molecule has 1 saturated heterocycles. The highest BCUT2D eigenvalue weighted by Gasteiger charge is 2.56. The number of imide groups is 1. The number of hydrogen-bond donors (Lipinski definition) is 3. The number of benzene rings is 1. The minimum absolute atomic E-state index is 0.0492. The average molecular weight is 392 g/mol. The second-order valence-corrected chi connectivity index (χ2v) is 8.13. The molecule has 1 aromatic carbocycles. The van der Waals surface area contributed by atoms with E-state index in [0.717, 1.165) is 28.0 Å². The lowest BCUT2D eigenvalue weighted by Crippen LogP contribution is -2.36. The van der Waals surface area contributed by atoms with Crippen LogP contribution in [0.5, 0.6) is 5.75 Å². The zero-order chi connectivity index (χ0) is 18.6. The maximum Gasteiger partial charge on any atom is 0.323 e. The summed E-state index contributed by atoms with van der Waals surface area (Å²) in [5.74, 6) is -4.10. The number of thiazole rings is 1. The highest BCUT2D eigenvalue weighted by molar-refractivity contribution is 8.00. The Hall–Kier alpha value is -2.59. The molecular weight excluding hydrogens is 380 g/mol. The van der Waals surface area contributed by atoms with E-state index in [-0.39, 0.29) is 10.6 Å². The molecule has 26 heavy (non-hydrogen) atoms. The quantitative estimate of drug-likeness (QED) is 0.660. The van der Waals surface area contributed by atoms with Crippen LogP contribution in [0.1, 0.15) is 16.4 Å². The lowest BCUT2D eigenvalue weighted by Gasteiger charge is -2.30. The van der Waals surface area contributed by atoms with Crippen LogP contribution in [0.15, 0.2) is 34.1 Å². The number of aliphatic carboxylic acids is 1. The van der Waals surface area contributed by atoms with Gasteiger partial charge in [-0.05, 0) is 6.07 Å². The summed E-state index contributed by atoms with van der Waals surface area (Å²) in [6.07, 6.45) is 0. The van der Waals surface area contributed by atoms with Gasteiger partial charge in [0.1, 0.15) is 17.5 Å². The first-order chi connectivity index (χ1) is 12.4. The number of aromatic nitrogens is 1. The summed E-state index contributed by atoms with van der Waals surface area (Å²) in [7, 11) is 0. The molecule has 4 rings (SSSR count). The van der Waals surface area contributed by atoms with E-state index in [1.54, 1.807) is 18.2 Å². The normalized spacial score (nSPS) is 24.5. The molecule has 0 saturated carbocycles. The van der Waals surface area contributed by atoms with Gasteiger partial charge in [0, 0.05) is 16.4 Å². The monoisotopic (exact) mass is 392 g/mol. The predicted octanol–water partition coefficient (Wildman–Crippen LogP) is 0.818. The minimum atomic E-state index is -1.28. The molecule has 0 aliphatic carbocycles. The molecule has 0 spiro atoms. The van der Waals surface area contributed by atoms with Crippen LogP contribution in [-0.4, -0.2) is 49.7 Å². The van der Waals surface area contributed by atoms with Gasteiger partial charge in [0.05, 0.1) is 10.9 Å². The van der Waals surface area contributed by atoms with E-state index in [1.165, 1.54) is 6.07 Å². The number of amides is 2. The van der Waals surface area contributed by atoms with Gasteiger partial charge >= 0.3 is 10.8 Å². The zero-order valence-electron chi connectivity index (χ0n) is 13.0. The van der Waals surface area contributed by atoms with Crippen molar-refractivity contribution in [3.63, 3.8) is 0 Å². The van der Waals surface area contributed by atoms with E-state index in [9.17, 15) is 24.3 Å². The standard InChI is InChI=1S/C16H12N2O6S2/c19-7-4-2-1-3-6(7)9-10-12(25-13-11(9)26-16(24)17-13)15(23)18(14(10)22)5-8(20)21/h1-4,9-10,12,19H,5H2,(H,17,24)(H,20,21)/t9-,10?,12?/m1/s1. The molecule has 1 aromatic heterocycles. The summed E-state index contributed by atoms with van der Waals surface area (Å²) in [5.41, 5.74) is 0.428. The maximum absolute atomic E-state index is 12.9. The molecule has 0 bridgehead atoms. The van der Waals surface area contributed by atoms with Crippen molar-refractivity contribution in [3.8, 4) is 5.75 Å². The molecule has 8 nitrogen and oxygen atoms in total. The first-order valence-electron chi connectivity index (χ1n) is 7.63. The molecule has 134 valence electrons. The van der Waals surface area contributed by atoms with Crippen LogP contribution >= 0.6 is 23.1 Å². The number of rotatable bonds is 3. The first-order valence-corrected chi connectivity index (χ1v) is 9.32. The SMILES string of the molecule is O=C(O)CN1C(=O)C2Sc3[nH]c(=O)sc3[C@H](c3ccccc3O)C2C1=O. The Morgan fingerprint density at radius 1 is 1.19 bits per heavy atom. The van der Waals surface area contributed by atoms with Gasteiger partial charge in [0.2, 0.25) is 11.8 Å². The summed E-state index contributed by atoms with van der Waals surface area (Å²) in [5, 5.41) is 18.9. The van der Waals surface area contributed by atoms with E-state index < -0.39 is 41.4 Å². The zero-order valence-corrected chi connectivity index (χ0v) is 14.7. The fourth-order valence-electron chi connectivity index (χ4n) is 3.45. The molecule has 3 N–H and O–H groups in total. The highest BCUT2D eigenvalue weighted by Crippen LogP contribution is 2.53. The van der Waals surface area contributed by atoms with Gasteiger partial charge in [0.25, 0.3) is 0 Å². The Kier molecular flexibility index (Phi) is 3.88. The first kappa shape index (κ1) is 16.9. The lowest BCUT2D eigenvalue weighted by atomic mass is 9.82. The number of thioether (sulfide) groups is 1. The molecule has 2 unspecified atom stereocenters. The smallest absolute Gasteiger partial charge is 0.323 e. The van der Waals surface area contributed by atoms with Gasteiger partial charge < -0.3 is 15.2 Å². The van der Waals surface area contributed by atoms with Crippen molar-refractivity contribution in [1.82, 2.24) is 9.88 Å². The van der Waals surface area contributed by atoms with Crippen molar-refractivity contribution in [3.05, 3.63) is 44.4 Å². The Morgan fingerprint density at radius 2 is 1.92 bits per heavy atom. The highest BCUT2D eigenvalue weighted by atomic mass is 32.2. The molecule has 2 aromatic rings. The van der Waals surface area contributed by atoms with Crippen LogP contribution in [0, 0.1) is 5.92 Å². The van der Waals surface area contributed by atoms with Crippen LogP contribution in [0.2, 0.25) is 0 Å². The molecule has 2 aliphatic rings. The Bertz CT molecular complexity index is 997. The third-order valence-corrected chi connectivity index (χ3v) is 6.88. The Morgan fingerprint density at radius 3 is 2.62 bits per heavy atom. The summed E-state index contributed by atoms with van der Waals surface area (Å²) in [6.45, 7) is -0.705. The van der Waals surface area contributed by atoms with Crippen molar-refractivity contribution >= 4 is 40.9 Å². The molecule has 2 amide bonds. The molecule has 1 fully saturated rings. The van der Waals surface area contributed by atoms with E-state index >= 15 is 0 Å². The van der Waals surface area contributed by atoms with Gasteiger partial charge in [-0.2, -0.15) is 0 Å². The second-order valence-electron chi connectivity index (χ2n) is 5.96. The van der Waals surface area contributed by atoms with Crippen molar-refractivity contribution in [1.29, 1.82) is 0 Å². The van der Waals surface area contributed by atoms with Gasteiger partial charge in [-0.15, -0.1) is 0 Å². The third-order valence-electron chi connectivity index (χ3n) is 4.48. The summed E-state index contributed by atoms with van der Waals surface area (Å²) >= 11 is 1.99. The van der Waals surface area contributed by atoms with Crippen LogP contribution in [-0.2, 0) is 14.4 Å². The number of phenols is 1. The van der Waals surface area contributed by atoms with E-state index in [4.69, 9.17) is 5.11 Å². The number of para-hydroxylation sites is 1. The van der Waals surface area contributed by atoms with Gasteiger partial charge in [-0.1, -0.05) is 41.3 Å². The number of hydrogen-bond acceptors (Lipinski definition) is 7. The number of aromatic amines is 1. The number of carbonyl (C=O) groups is 3. The number of aromatic hydroxyl groups is 1. The molecule has 0 radical (unpaired) electrons. The van der Waals surface area contributed by atoms with E-state index in [2.05, 4.69) is 4.98 Å². The average Bonchev–Trinajstić information content (AvgIpc) is 3.06.